The highest BCUT2D eigenvalue weighted by atomic mass is 32.2. The Morgan fingerprint density at radius 2 is 1.93 bits per heavy atom. The van der Waals surface area contributed by atoms with Crippen LogP contribution in [0.25, 0.3) is 0 Å². The molecule has 0 saturated heterocycles. The van der Waals surface area contributed by atoms with Gasteiger partial charge < -0.3 is 0 Å². The summed E-state index contributed by atoms with van der Waals surface area (Å²) in [6.45, 7) is 0.305. The van der Waals surface area contributed by atoms with Crippen LogP contribution in [0.5, 0.6) is 0 Å². The molecule has 3 N–H and O–H groups in total. The molecule has 14 heavy (non-hydrogen) atoms. The first-order valence-corrected chi connectivity index (χ1v) is 5.79. The minimum absolute atomic E-state index is 0.305. The molecule has 0 aliphatic rings. The minimum Gasteiger partial charge on any atom is -0.300 e. The van der Waals surface area contributed by atoms with E-state index in [2.05, 4.69) is 9.56 Å². The Labute approximate surface area is 82.9 Å². The third kappa shape index (κ3) is 3.73. The molecule has 0 amide bonds. The molecule has 0 fully saturated rings. The molecule has 0 aromatic heterocycles. The molecule has 1 aromatic rings. The molecule has 0 spiro atoms. The number of hydrogen-bond acceptors (Lipinski definition) is 4. The fourth-order valence-corrected chi connectivity index (χ4v) is 1.54. The number of rotatable bonds is 4. The van der Waals surface area contributed by atoms with Crippen LogP contribution in [-0.4, -0.2) is 14.7 Å². The van der Waals surface area contributed by atoms with Crippen molar-refractivity contribution in [3.8, 4) is 0 Å². The molecule has 0 aliphatic heterocycles. The van der Waals surface area contributed by atoms with Gasteiger partial charge in [-0.1, -0.05) is 12.1 Å². The molecular weight excluding hydrogens is 204 g/mol. The van der Waals surface area contributed by atoms with E-state index in [1.165, 1.54) is 0 Å². The van der Waals surface area contributed by atoms with Gasteiger partial charge in [-0.15, -0.1) is 0 Å². The van der Waals surface area contributed by atoms with Crippen LogP contribution in [0.15, 0.2) is 24.3 Å². The Hall–Kier alpha value is -1.11. The van der Waals surface area contributed by atoms with Crippen LogP contribution >= 0.6 is 0 Å². The Balaban J connectivity index is 2.74. The molecular formula is C8H12N2O3S. The first kappa shape index (κ1) is 11.0. The van der Waals surface area contributed by atoms with E-state index in [0.29, 0.717) is 12.3 Å². The van der Waals surface area contributed by atoms with Gasteiger partial charge in [0, 0.05) is 5.69 Å². The summed E-state index contributed by atoms with van der Waals surface area (Å²) in [5, 5.41) is 0. The molecule has 5 nitrogen and oxygen atoms in total. The van der Waals surface area contributed by atoms with Gasteiger partial charge in [0.15, 0.2) is 0 Å². The van der Waals surface area contributed by atoms with Crippen LogP contribution in [0.3, 0.4) is 0 Å². The number of sulfonamides is 1. The predicted molar refractivity (Wildman–Crippen MR) is 53.9 cm³/mol. The van der Waals surface area contributed by atoms with E-state index in [1.54, 1.807) is 24.3 Å². The Morgan fingerprint density at radius 1 is 1.36 bits per heavy atom. The average Bonchev–Trinajstić information content (AvgIpc) is 2.06. The molecule has 78 valence electrons. The molecule has 0 aliphatic carbocycles. The molecule has 6 heteroatoms. The fraction of sp³-hybridized carbons (Fsp3) is 0.250. The zero-order chi connectivity index (χ0) is 10.6. The summed E-state index contributed by atoms with van der Waals surface area (Å²) in [6.07, 6.45) is 1.10. The lowest BCUT2D eigenvalue weighted by atomic mass is 10.2. The van der Waals surface area contributed by atoms with Gasteiger partial charge in [-0.3, -0.25) is 9.56 Å². The van der Waals surface area contributed by atoms with Crippen molar-refractivity contribution in [3.63, 3.8) is 0 Å². The van der Waals surface area contributed by atoms with Gasteiger partial charge in [0.25, 0.3) is 0 Å². The van der Waals surface area contributed by atoms with Crippen molar-refractivity contribution >= 4 is 15.7 Å². The fourth-order valence-electron chi connectivity index (χ4n) is 0.979. The summed E-state index contributed by atoms with van der Waals surface area (Å²) < 4.78 is 24.1. The lowest BCUT2D eigenvalue weighted by Crippen LogP contribution is -2.09. The number of nitrogens with two attached hydrogens (primary N) is 1. The van der Waals surface area contributed by atoms with E-state index >= 15 is 0 Å². The van der Waals surface area contributed by atoms with Gasteiger partial charge in [-0.2, -0.15) is 0 Å². The van der Waals surface area contributed by atoms with Crippen LogP contribution in [-0.2, 0) is 21.5 Å². The van der Waals surface area contributed by atoms with E-state index in [0.717, 1.165) is 11.8 Å². The minimum atomic E-state index is -3.21. The van der Waals surface area contributed by atoms with Gasteiger partial charge in [0.05, 0.1) is 12.9 Å². The Kier molecular flexibility index (Phi) is 3.45. The second-order valence-corrected chi connectivity index (χ2v) is 4.63. The zero-order valence-corrected chi connectivity index (χ0v) is 8.54. The number of hydrogen-bond donors (Lipinski definition) is 2. The van der Waals surface area contributed by atoms with Crippen molar-refractivity contribution in [2.24, 2.45) is 5.90 Å². The zero-order valence-electron chi connectivity index (χ0n) is 7.73. The van der Waals surface area contributed by atoms with Gasteiger partial charge in [0.1, 0.15) is 0 Å². The second-order valence-electron chi connectivity index (χ2n) is 2.88. The summed E-state index contributed by atoms with van der Waals surface area (Å²) in [7, 11) is -3.21. The lowest BCUT2D eigenvalue weighted by molar-refractivity contribution is 0.124. The van der Waals surface area contributed by atoms with Crippen LogP contribution < -0.4 is 10.6 Å². The molecule has 0 atom stereocenters. The summed E-state index contributed by atoms with van der Waals surface area (Å²) in [4.78, 5) is 4.43. The van der Waals surface area contributed by atoms with Crippen LogP contribution in [0.2, 0.25) is 0 Å². The molecule has 1 rings (SSSR count). The smallest absolute Gasteiger partial charge is 0.229 e. The van der Waals surface area contributed by atoms with E-state index in [4.69, 9.17) is 5.90 Å². The Morgan fingerprint density at radius 3 is 2.36 bits per heavy atom. The van der Waals surface area contributed by atoms with Gasteiger partial charge in [-0.05, 0) is 17.7 Å². The maximum Gasteiger partial charge on any atom is 0.229 e. The summed E-state index contributed by atoms with van der Waals surface area (Å²) in [5.41, 5.74) is 1.40. The van der Waals surface area contributed by atoms with Crippen molar-refractivity contribution in [3.05, 3.63) is 29.8 Å². The predicted octanol–water partition coefficient (Wildman–Crippen LogP) is 0.448. The monoisotopic (exact) mass is 216 g/mol. The van der Waals surface area contributed by atoms with Crippen LogP contribution in [0.1, 0.15) is 5.56 Å². The highest BCUT2D eigenvalue weighted by Crippen LogP contribution is 2.10. The summed E-state index contributed by atoms with van der Waals surface area (Å²) >= 11 is 0. The highest BCUT2D eigenvalue weighted by Gasteiger charge is 2.00. The maximum absolute atomic E-state index is 10.9. The normalized spacial score (nSPS) is 11.3. The van der Waals surface area contributed by atoms with Crippen LogP contribution in [0, 0.1) is 0 Å². The summed E-state index contributed by atoms with van der Waals surface area (Å²) in [6, 6.07) is 6.77. The number of benzene rings is 1. The quantitative estimate of drug-likeness (QED) is 0.716. The first-order valence-electron chi connectivity index (χ1n) is 3.90. The number of nitrogens with one attached hydrogen (secondary N) is 1. The second kappa shape index (κ2) is 4.41. The van der Waals surface area contributed by atoms with E-state index in [1.807, 2.05) is 0 Å². The molecule has 0 saturated carbocycles. The van der Waals surface area contributed by atoms with Crippen molar-refractivity contribution in [2.75, 3.05) is 11.0 Å². The maximum atomic E-state index is 10.9. The van der Waals surface area contributed by atoms with E-state index in [-0.39, 0.29) is 0 Å². The molecule has 1 aromatic carbocycles. The molecule has 0 unspecified atom stereocenters. The van der Waals surface area contributed by atoms with Crippen molar-refractivity contribution in [2.45, 2.75) is 6.61 Å². The van der Waals surface area contributed by atoms with Crippen molar-refractivity contribution in [1.29, 1.82) is 0 Å². The van der Waals surface area contributed by atoms with Gasteiger partial charge in [0.2, 0.25) is 10.0 Å². The first-order chi connectivity index (χ1) is 6.51. The highest BCUT2D eigenvalue weighted by molar-refractivity contribution is 7.92. The standard InChI is InChI=1S/C8H12N2O3S/c1-14(11,12)10-8-4-2-7(3-5-8)6-13-9/h2-5,10H,6,9H2,1H3. The van der Waals surface area contributed by atoms with Gasteiger partial charge >= 0.3 is 0 Å². The van der Waals surface area contributed by atoms with Gasteiger partial charge in [-0.25, -0.2) is 14.3 Å². The molecule has 0 heterocycles. The lowest BCUT2D eigenvalue weighted by Gasteiger charge is -2.04. The average molecular weight is 216 g/mol. The summed E-state index contributed by atoms with van der Waals surface area (Å²) in [5.74, 6) is 4.89. The topological polar surface area (TPSA) is 81.4 Å². The Bertz CT molecular complexity index is 386. The SMILES string of the molecule is CS(=O)(=O)Nc1ccc(CON)cc1. The van der Waals surface area contributed by atoms with E-state index < -0.39 is 10.0 Å². The third-order valence-corrected chi connectivity index (χ3v) is 2.11. The third-order valence-electron chi connectivity index (χ3n) is 1.51. The molecule has 0 radical (unpaired) electrons. The van der Waals surface area contributed by atoms with E-state index in [9.17, 15) is 8.42 Å². The van der Waals surface area contributed by atoms with Crippen molar-refractivity contribution < 1.29 is 13.3 Å². The van der Waals surface area contributed by atoms with Crippen LogP contribution in [0.4, 0.5) is 5.69 Å². The molecule has 0 bridgehead atoms. The largest absolute Gasteiger partial charge is 0.300 e. The van der Waals surface area contributed by atoms with Crippen molar-refractivity contribution in [1.82, 2.24) is 0 Å². The number of anilines is 1.